The van der Waals surface area contributed by atoms with Gasteiger partial charge in [-0.1, -0.05) is 38.1 Å². The average molecular weight is 385 g/mol. The number of hydrogen-bond acceptors (Lipinski definition) is 4. The van der Waals surface area contributed by atoms with Crippen LogP contribution in [0.15, 0.2) is 48.5 Å². The van der Waals surface area contributed by atoms with Crippen LogP contribution in [0.4, 0.5) is 0 Å². The van der Waals surface area contributed by atoms with E-state index in [1.807, 2.05) is 19.1 Å². The van der Waals surface area contributed by atoms with Gasteiger partial charge in [-0.2, -0.15) is 0 Å². The van der Waals surface area contributed by atoms with Crippen LogP contribution in [-0.2, 0) is 11.2 Å². The molecule has 1 aliphatic heterocycles. The van der Waals surface area contributed by atoms with Gasteiger partial charge in [0, 0.05) is 6.42 Å². The normalized spacial score (nSPS) is 18.9. The van der Waals surface area contributed by atoms with Crippen LogP contribution in [0, 0.1) is 0 Å². The molecule has 1 fully saturated rings. The molecular weight excluding hydrogens is 352 g/mol. The van der Waals surface area contributed by atoms with E-state index >= 15 is 0 Å². The zero-order valence-electron chi connectivity index (χ0n) is 17.2. The van der Waals surface area contributed by atoms with Crippen molar-refractivity contribution in [2.75, 3.05) is 13.2 Å². The van der Waals surface area contributed by atoms with Gasteiger partial charge in [-0.25, -0.2) is 0 Å². The lowest BCUT2D eigenvalue weighted by molar-refractivity contribution is 0.0661. The quantitative estimate of drug-likeness (QED) is 0.567. The molecule has 2 aromatic rings. The molecule has 3 atom stereocenters. The number of hydrogen-bond donors (Lipinski definition) is 1. The van der Waals surface area contributed by atoms with Crippen LogP contribution in [0.2, 0.25) is 0 Å². The minimum Gasteiger partial charge on any atom is -0.491 e. The van der Waals surface area contributed by atoms with E-state index < -0.39 is 6.10 Å². The van der Waals surface area contributed by atoms with Crippen molar-refractivity contribution in [2.45, 2.75) is 64.3 Å². The van der Waals surface area contributed by atoms with Gasteiger partial charge in [-0.15, -0.1) is 0 Å². The Morgan fingerprint density at radius 1 is 1.04 bits per heavy atom. The van der Waals surface area contributed by atoms with Crippen molar-refractivity contribution in [1.29, 1.82) is 0 Å². The van der Waals surface area contributed by atoms with Crippen molar-refractivity contribution >= 4 is 0 Å². The maximum Gasteiger partial charge on any atom is 0.120 e. The van der Waals surface area contributed by atoms with Gasteiger partial charge >= 0.3 is 0 Å². The Morgan fingerprint density at radius 3 is 2.11 bits per heavy atom. The minimum absolute atomic E-state index is 0.177. The molecule has 1 saturated heterocycles. The van der Waals surface area contributed by atoms with Gasteiger partial charge in [0.1, 0.15) is 23.7 Å². The van der Waals surface area contributed by atoms with Gasteiger partial charge in [-0.05, 0) is 61.6 Å². The van der Waals surface area contributed by atoms with Gasteiger partial charge < -0.3 is 19.3 Å². The van der Waals surface area contributed by atoms with Crippen LogP contribution in [-0.4, -0.2) is 36.1 Å². The first-order chi connectivity index (χ1) is 13.5. The topological polar surface area (TPSA) is 51.2 Å². The first-order valence-corrected chi connectivity index (χ1v) is 10.3. The van der Waals surface area contributed by atoms with Crippen molar-refractivity contribution in [3.05, 3.63) is 59.7 Å². The fraction of sp³-hybridized carbons (Fsp3) is 0.500. The summed E-state index contributed by atoms with van der Waals surface area (Å²) in [6, 6.07) is 16.4. The highest BCUT2D eigenvalue weighted by Crippen LogP contribution is 2.30. The summed E-state index contributed by atoms with van der Waals surface area (Å²) in [5.74, 6) is 1.70. The van der Waals surface area contributed by atoms with Gasteiger partial charge in [0.15, 0.2) is 0 Å². The van der Waals surface area contributed by atoms with Crippen molar-refractivity contribution in [2.24, 2.45) is 0 Å². The van der Waals surface area contributed by atoms with E-state index in [-0.39, 0.29) is 5.60 Å². The molecule has 4 nitrogen and oxygen atoms in total. The lowest BCUT2D eigenvalue weighted by Gasteiger charge is -2.29. The summed E-state index contributed by atoms with van der Waals surface area (Å²) < 4.78 is 17.2. The van der Waals surface area contributed by atoms with E-state index in [0.29, 0.717) is 19.1 Å². The first kappa shape index (κ1) is 20.7. The van der Waals surface area contributed by atoms with Crippen LogP contribution < -0.4 is 9.47 Å². The minimum atomic E-state index is -0.410. The molecule has 3 rings (SSSR count). The molecule has 0 radical (unpaired) electrons. The van der Waals surface area contributed by atoms with Crippen LogP contribution in [0.1, 0.15) is 51.2 Å². The molecule has 1 N–H and O–H groups in total. The maximum atomic E-state index is 9.58. The Balaban J connectivity index is 1.53. The molecule has 28 heavy (non-hydrogen) atoms. The third-order valence-electron chi connectivity index (χ3n) is 5.34. The number of aliphatic hydroxyl groups is 1. The molecule has 0 aliphatic carbocycles. The third kappa shape index (κ3) is 6.25. The highest BCUT2D eigenvalue weighted by atomic mass is 16.6. The number of epoxide rings is 1. The maximum absolute atomic E-state index is 9.58. The van der Waals surface area contributed by atoms with Gasteiger partial charge in [0.2, 0.25) is 0 Å². The van der Waals surface area contributed by atoms with E-state index in [2.05, 4.69) is 50.2 Å². The molecule has 0 bridgehead atoms. The summed E-state index contributed by atoms with van der Waals surface area (Å²) in [6.07, 6.45) is 3.41. The predicted octanol–water partition coefficient (Wildman–Crippen LogP) is 4.76. The second-order valence-corrected chi connectivity index (χ2v) is 7.90. The SMILES string of the molecule is CCC(O)COc1ccc(Cc2ccc(OC(C)(CC)CC3CO3)cc2)cc1. The van der Waals surface area contributed by atoms with Crippen LogP contribution in [0.25, 0.3) is 0 Å². The lowest BCUT2D eigenvalue weighted by Crippen LogP contribution is -2.33. The Labute approximate surface area is 168 Å². The van der Waals surface area contributed by atoms with E-state index in [0.717, 1.165) is 37.4 Å². The molecule has 0 saturated carbocycles. The fourth-order valence-electron chi connectivity index (χ4n) is 3.14. The van der Waals surface area contributed by atoms with E-state index in [9.17, 15) is 5.11 Å². The Bertz CT molecular complexity index is 721. The Kier molecular flexibility index (Phi) is 6.97. The summed E-state index contributed by atoms with van der Waals surface area (Å²) in [7, 11) is 0. The van der Waals surface area contributed by atoms with Crippen LogP contribution in [0.5, 0.6) is 11.5 Å². The van der Waals surface area contributed by atoms with Crippen LogP contribution in [0.3, 0.4) is 0 Å². The number of rotatable bonds is 11. The fourth-order valence-corrected chi connectivity index (χ4v) is 3.14. The molecule has 3 unspecified atom stereocenters. The van der Waals surface area contributed by atoms with E-state index in [1.165, 1.54) is 11.1 Å². The Hall–Kier alpha value is -2.04. The number of ether oxygens (including phenoxy) is 3. The van der Waals surface area contributed by atoms with Crippen molar-refractivity contribution < 1.29 is 19.3 Å². The zero-order chi connectivity index (χ0) is 20.0. The second kappa shape index (κ2) is 9.44. The van der Waals surface area contributed by atoms with Crippen molar-refractivity contribution in [3.63, 3.8) is 0 Å². The number of aliphatic hydroxyl groups excluding tert-OH is 1. The molecule has 1 aliphatic rings. The largest absolute Gasteiger partial charge is 0.491 e. The second-order valence-electron chi connectivity index (χ2n) is 7.90. The lowest BCUT2D eigenvalue weighted by atomic mass is 9.96. The van der Waals surface area contributed by atoms with Crippen molar-refractivity contribution in [3.8, 4) is 11.5 Å². The molecule has 2 aromatic carbocycles. The van der Waals surface area contributed by atoms with Gasteiger partial charge in [-0.3, -0.25) is 0 Å². The summed E-state index contributed by atoms with van der Waals surface area (Å²) in [4.78, 5) is 0. The molecule has 1 heterocycles. The molecular formula is C24H32O4. The molecule has 0 aromatic heterocycles. The molecule has 0 spiro atoms. The summed E-state index contributed by atoms with van der Waals surface area (Å²) in [6.45, 7) is 7.46. The Morgan fingerprint density at radius 2 is 1.61 bits per heavy atom. The summed E-state index contributed by atoms with van der Waals surface area (Å²) in [5, 5.41) is 9.58. The highest BCUT2D eigenvalue weighted by Gasteiger charge is 2.34. The first-order valence-electron chi connectivity index (χ1n) is 10.3. The van der Waals surface area contributed by atoms with Crippen molar-refractivity contribution in [1.82, 2.24) is 0 Å². The summed E-state index contributed by atoms with van der Waals surface area (Å²) in [5.41, 5.74) is 2.29. The predicted molar refractivity (Wildman–Crippen MR) is 111 cm³/mol. The summed E-state index contributed by atoms with van der Waals surface area (Å²) >= 11 is 0. The monoisotopic (exact) mass is 384 g/mol. The zero-order valence-corrected chi connectivity index (χ0v) is 17.2. The molecule has 4 heteroatoms. The van der Waals surface area contributed by atoms with Gasteiger partial charge in [0.25, 0.3) is 0 Å². The molecule has 152 valence electrons. The highest BCUT2D eigenvalue weighted by molar-refractivity contribution is 5.34. The standard InChI is InChI=1S/C24H32O4/c1-4-20(25)16-26-21-10-6-18(7-11-21)14-19-8-12-22(13-9-19)28-24(3,5-2)15-23-17-27-23/h6-13,20,23,25H,4-5,14-17H2,1-3H3. The smallest absolute Gasteiger partial charge is 0.120 e. The molecule has 0 amide bonds. The average Bonchev–Trinajstić information content (AvgIpc) is 3.52. The third-order valence-corrected chi connectivity index (χ3v) is 5.34. The van der Waals surface area contributed by atoms with E-state index in [1.54, 1.807) is 0 Å². The van der Waals surface area contributed by atoms with Gasteiger partial charge in [0.05, 0.1) is 18.8 Å². The number of benzene rings is 2. The van der Waals surface area contributed by atoms with E-state index in [4.69, 9.17) is 14.2 Å². The van der Waals surface area contributed by atoms with Crippen LogP contribution >= 0.6 is 0 Å².